The van der Waals surface area contributed by atoms with Crippen molar-refractivity contribution in [2.45, 2.75) is 40.2 Å². The van der Waals surface area contributed by atoms with Crippen molar-refractivity contribution < 1.29 is 9.90 Å². The molecule has 7 heteroatoms. The Labute approximate surface area is 123 Å². The van der Waals surface area contributed by atoms with Crippen LogP contribution in [0.2, 0.25) is 0 Å². The lowest BCUT2D eigenvalue weighted by atomic mass is 9.82. The SMILES string of the molecule is CCC(CC)(Cn1nnnc1-c1cccc(C)n1)C(=O)O. The van der Waals surface area contributed by atoms with Gasteiger partial charge in [-0.25, -0.2) is 9.67 Å². The fraction of sp³-hybridized carbons (Fsp3) is 0.500. The van der Waals surface area contributed by atoms with Crippen LogP contribution in [0.1, 0.15) is 32.4 Å². The number of hydrogen-bond donors (Lipinski definition) is 1. The van der Waals surface area contributed by atoms with Gasteiger partial charge >= 0.3 is 5.97 Å². The normalized spacial score (nSPS) is 11.6. The van der Waals surface area contributed by atoms with Crippen LogP contribution in [0.5, 0.6) is 0 Å². The molecular formula is C14H19N5O2. The lowest BCUT2D eigenvalue weighted by molar-refractivity contribution is -0.150. The Hall–Kier alpha value is -2.31. The van der Waals surface area contributed by atoms with Crippen LogP contribution in [-0.4, -0.2) is 36.3 Å². The second-order valence-corrected chi connectivity index (χ2v) is 5.12. The number of nitrogens with zero attached hydrogens (tertiary/aromatic N) is 5. The molecule has 0 fully saturated rings. The van der Waals surface area contributed by atoms with Gasteiger partial charge in [0.25, 0.3) is 0 Å². The first-order valence-corrected chi connectivity index (χ1v) is 6.96. The number of carbonyl (C=O) groups is 1. The first-order chi connectivity index (χ1) is 10.0. The molecule has 21 heavy (non-hydrogen) atoms. The monoisotopic (exact) mass is 289 g/mol. The molecule has 0 saturated carbocycles. The molecule has 2 heterocycles. The molecule has 2 rings (SSSR count). The van der Waals surface area contributed by atoms with E-state index < -0.39 is 11.4 Å². The Morgan fingerprint density at radius 1 is 1.33 bits per heavy atom. The van der Waals surface area contributed by atoms with Crippen molar-refractivity contribution in [3.8, 4) is 11.5 Å². The highest BCUT2D eigenvalue weighted by atomic mass is 16.4. The molecule has 0 aromatic carbocycles. The molecular weight excluding hydrogens is 270 g/mol. The number of carboxylic acids is 1. The molecule has 0 radical (unpaired) electrons. The number of aryl methyl sites for hydroxylation is 1. The van der Waals surface area contributed by atoms with E-state index in [1.165, 1.54) is 4.68 Å². The quantitative estimate of drug-likeness (QED) is 0.873. The van der Waals surface area contributed by atoms with Crippen LogP contribution in [0, 0.1) is 12.3 Å². The average molecular weight is 289 g/mol. The predicted octanol–water partition coefficient (Wildman–Crippen LogP) is 1.93. The van der Waals surface area contributed by atoms with Gasteiger partial charge in [0, 0.05) is 5.69 Å². The van der Waals surface area contributed by atoms with E-state index in [1.807, 2.05) is 39.0 Å². The van der Waals surface area contributed by atoms with Gasteiger partial charge < -0.3 is 5.11 Å². The Kier molecular flexibility index (Phi) is 4.30. The molecule has 112 valence electrons. The summed E-state index contributed by atoms with van der Waals surface area (Å²) in [5, 5.41) is 21.1. The fourth-order valence-corrected chi connectivity index (χ4v) is 2.29. The minimum absolute atomic E-state index is 0.229. The highest BCUT2D eigenvalue weighted by Gasteiger charge is 2.36. The van der Waals surface area contributed by atoms with Gasteiger partial charge in [-0.15, -0.1) is 5.10 Å². The van der Waals surface area contributed by atoms with Crippen LogP contribution >= 0.6 is 0 Å². The maximum absolute atomic E-state index is 11.6. The van der Waals surface area contributed by atoms with Crippen molar-refractivity contribution in [1.29, 1.82) is 0 Å². The van der Waals surface area contributed by atoms with Crippen molar-refractivity contribution in [2.75, 3.05) is 0 Å². The van der Waals surface area contributed by atoms with Crippen LogP contribution in [0.15, 0.2) is 18.2 Å². The summed E-state index contributed by atoms with van der Waals surface area (Å²) in [5.74, 6) is -0.336. The van der Waals surface area contributed by atoms with Crippen LogP contribution in [0.4, 0.5) is 0 Å². The molecule has 0 amide bonds. The molecule has 2 aromatic heterocycles. The first-order valence-electron chi connectivity index (χ1n) is 6.96. The molecule has 0 atom stereocenters. The number of rotatable bonds is 6. The van der Waals surface area contributed by atoms with Crippen molar-refractivity contribution in [3.05, 3.63) is 23.9 Å². The van der Waals surface area contributed by atoms with E-state index in [9.17, 15) is 9.90 Å². The number of aliphatic carboxylic acids is 1. The van der Waals surface area contributed by atoms with Gasteiger partial charge in [0.2, 0.25) is 5.82 Å². The lowest BCUT2D eigenvalue weighted by Gasteiger charge is -2.26. The number of aromatic nitrogens is 5. The zero-order valence-electron chi connectivity index (χ0n) is 12.4. The van der Waals surface area contributed by atoms with Crippen molar-refractivity contribution in [2.24, 2.45) is 5.41 Å². The molecule has 0 unspecified atom stereocenters. The first kappa shape index (κ1) is 15.1. The second-order valence-electron chi connectivity index (χ2n) is 5.12. The minimum atomic E-state index is -0.867. The highest BCUT2D eigenvalue weighted by Crippen LogP contribution is 2.30. The average Bonchev–Trinajstić information content (AvgIpc) is 2.92. The Bertz CT molecular complexity index is 634. The van der Waals surface area contributed by atoms with E-state index >= 15 is 0 Å². The zero-order chi connectivity index (χ0) is 15.5. The van der Waals surface area contributed by atoms with E-state index in [4.69, 9.17) is 0 Å². The molecule has 0 aliphatic rings. The number of pyridine rings is 1. The Balaban J connectivity index is 2.39. The standard InChI is InChI=1S/C14H19N5O2/c1-4-14(5-2,13(20)21)9-19-12(16-17-18-19)11-8-6-7-10(3)15-11/h6-8H,4-5,9H2,1-3H3,(H,20,21). The van der Waals surface area contributed by atoms with Gasteiger partial charge in [-0.2, -0.15) is 0 Å². The van der Waals surface area contributed by atoms with E-state index in [0.717, 1.165) is 5.69 Å². The Morgan fingerprint density at radius 3 is 2.62 bits per heavy atom. The van der Waals surface area contributed by atoms with Crippen LogP contribution < -0.4 is 0 Å². The Morgan fingerprint density at radius 2 is 2.05 bits per heavy atom. The molecule has 1 N–H and O–H groups in total. The van der Waals surface area contributed by atoms with Crippen molar-refractivity contribution in [3.63, 3.8) is 0 Å². The molecule has 7 nitrogen and oxygen atoms in total. The van der Waals surface area contributed by atoms with E-state index in [0.29, 0.717) is 24.4 Å². The van der Waals surface area contributed by atoms with Gasteiger partial charge in [-0.1, -0.05) is 19.9 Å². The maximum Gasteiger partial charge on any atom is 0.311 e. The summed E-state index contributed by atoms with van der Waals surface area (Å²) in [6, 6.07) is 5.58. The van der Waals surface area contributed by atoms with E-state index in [-0.39, 0.29) is 6.54 Å². The molecule has 2 aromatic rings. The molecule has 0 bridgehead atoms. The summed E-state index contributed by atoms with van der Waals surface area (Å²) in [6.45, 7) is 5.85. The van der Waals surface area contributed by atoms with Gasteiger partial charge in [-0.3, -0.25) is 4.79 Å². The summed E-state index contributed by atoms with van der Waals surface area (Å²) >= 11 is 0. The molecule has 0 aliphatic heterocycles. The van der Waals surface area contributed by atoms with E-state index in [1.54, 1.807) is 0 Å². The van der Waals surface area contributed by atoms with Crippen LogP contribution in [0.25, 0.3) is 11.5 Å². The van der Waals surface area contributed by atoms with Crippen molar-refractivity contribution in [1.82, 2.24) is 25.2 Å². The maximum atomic E-state index is 11.6. The minimum Gasteiger partial charge on any atom is -0.481 e. The van der Waals surface area contributed by atoms with Gasteiger partial charge in [0.15, 0.2) is 0 Å². The van der Waals surface area contributed by atoms with Crippen LogP contribution in [-0.2, 0) is 11.3 Å². The van der Waals surface area contributed by atoms with Crippen LogP contribution in [0.3, 0.4) is 0 Å². The summed E-state index contributed by atoms with van der Waals surface area (Å²) in [7, 11) is 0. The molecule has 0 spiro atoms. The lowest BCUT2D eigenvalue weighted by Crippen LogP contribution is -2.35. The fourth-order valence-electron chi connectivity index (χ4n) is 2.29. The number of tetrazole rings is 1. The summed E-state index contributed by atoms with van der Waals surface area (Å²) in [5.41, 5.74) is 0.637. The van der Waals surface area contributed by atoms with Gasteiger partial charge in [0.05, 0.1) is 12.0 Å². The summed E-state index contributed by atoms with van der Waals surface area (Å²) in [4.78, 5) is 16.0. The second kappa shape index (κ2) is 5.99. The summed E-state index contributed by atoms with van der Waals surface area (Å²) < 4.78 is 1.53. The summed E-state index contributed by atoms with van der Waals surface area (Å²) in [6.07, 6.45) is 1.03. The third-order valence-corrected chi connectivity index (χ3v) is 3.91. The topological polar surface area (TPSA) is 93.8 Å². The third kappa shape index (κ3) is 2.91. The van der Waals surface area contributed by atoms with Crippen molar-refractivity contribution >= 4 is 5.97 Å². The predicted molar refractivity (Wildman–Crippen MR) is 76.4 cm³/mol. The molecule has 0 aliphatic carbocycles. The number of hydrogen-bond acceptors (Lipinski definition) is 5. The molecule has 0 saturated heterocycles. The van der Waals surface area contributed by atoms with Gasteiger partial charge in [0.1, 0.15) is 5.69 Å². The van der Waals surface area contributed by atoms with E-state index in [2.05, 4.69) is 20.5 Å². The zero-order valence-corrected chi connectivity index (χ0v) is 12.4. The number of carboxylic acid groups (broad SMARTS) is 1. The largest absolute Gasteiger partial charge is 0.481 e. The highest BCUT2D eigenvalue weighted by molar-refractivity contribution is 5.74. The smallest absolute Gasteiger partial charge is 0.311 e. The van der Waals surface area contributed by atoms with Gasteiger partial charge in [-0.05, 0) is 42.3 Å². The third-order valence-electron chi connectivity index (χ3n) is 3.91.